The summed E-state index contributed by atoms with van der Waals surface area (Å²) in [6.07, 6.45) is 0. The Balaban J connectivity index is 0.00000361. The predicted octanol–water partition coefficient (Wildman–Crippen LogP) is 6.52. The van der Waals surface area contributed by atoms with E-state index >= 15 is 0 Å². The van der Waals surface area contributed by atoms with E-state index in [1.807, 2.05) is 0 Å². The van der Waals surface area contributed by atoms with Gasteiger partial charge in [-0.15, -0.1) is 0 Å². The van der Waals surface area contributed by atoms with Crippen LogP contribution in [0.15, 0.2) is 12.1 Å². The van der Waals surface area contributed by atoms with Gasteiger partial charge in [0.2, 0.25) is 0 Å². The van der Waals surface area contributed by atoms with Crippen molar-refractivity contribution in [2.75, 3.05) is 0 Å². The summed E-state index contributed by atoms with van der Waals surface area (Å²) in [4.78, 5) is 0. The molecule has 1 aromatic carbocycles. The molecule has 0 nitrogen and oxygen atoms in total. The smallest absolute Gasteiger partial charge is 0.0129 e. The van der Waals surface area contributed by atoms with Crippen LogP contribution in [0.3, 0.4) is 0 Å². The average molecular weight is 277 g/mol. The third-order valence-corrected chi connectivity index (χ3v) is 3.89. The van der Waals surface area contributed by atoms with Crippen molar-refractivity contribution in [2.24, 2.45) is 0 Å². The van der Waals surface area contributed by atoms with Gasteiger partial charge in [-0.1, -0.05) is 81.9 Å². The van der Waals surface area contributed by atoms with Gasteiger partial charge in [-0.05, 0) is 45.4 Å². The fraction of sp³-hybridized carbons (Fsp3) is 0.700. The summed E-state index contributed by atoms with van der Waals surface area (Å²) in [6.45, 7) is 23.1. The van der Waals surface area contributed by atoms with E-state index in [-0.39, 0.29) is 23.7 Å². The van der Waals surface area contributed by atoms with Gasteiger partial charge in [-0.2, -0.15) is 0 Å². The van der Waals surface area contributed by atoms with Crippen molar-refractivity contribution in [3.63, 3.8) is 0 Å². The van der Waals surface area contributed by atoms with Crippen LogP contribution in [0.5, 0.6) is 0 Å². The maximum Gasteiger partial charge on any atom is -0.0129 e. The summed E-state index contributed by atoms with van der Waals surface area (Å²) < 4.78 is 0. The number of benzene rings is 1. The van der Waals surface area contributed by atoms with Crippen molar-refractivity contribution in [1.82, 2.24) is 0 Å². The summed E-state index contributed by atoms with van der Waals surface area (Å²) >= 11 is 0. The van der Waals surface area contributed by atoms with Crippen LogP contribution in [0.1, 0.15) is 92.0 Å². The van der Waals surface area contributed by atoms with E-state index in [1.165, 1.54) is 22.3 Å². The molecular formula is C20H36. The molecule has 0 saturated carbocycles. The zero-order valence-corrected chi connectivity index (χ0v) is 14.7. The van der Waals surface area contributed by atoms with Crippen molar-refractivity contribution in [3.8, 4) is 0 Å². The molecule has 116 valence electrons. The zero-order chi connectivity index (χ0) is 15.2. The van der Waals surface area contributed by atoms with Crippen molar-refractivity contribution < 1.29 is 0 Å². The summed E-state index contributed by atoms with van der Waals surface area (Å²) in [7, 11) is 0. The Bertz CT molecular complexity index is 421. The molecule has 0 fully saturated rings. The molecule has 0 spiro atoms. The van der Waals surface area contributed by atoms with Crippen LogP contribution in [0, 0.1) is 6.92 Å². The highest BCUT2D eigenvalue weighted by atomic mass is 14.3. The molecule has 0 heterocycles. The second-order valence-electron chi connectivity index (χ2n) is 8.95. The van der Waals surface area contributed by atoms with Gasteiger partial charge in [-0.3, -0.25) is 0 Å². The maximum atomic E-state index is 2.42. The third-order valence-electron chi connectivity index (χ3n) is 3.89. The van der Waals surface area contributed by atoms with Crippen LogP contribution in [-0.2, 0) is 16.2 Å². The third kappa shape index (κ3) is 4.11. The largest absolute Gasteiger partial charge is 0.0776 e. The second-order valence-corrected chi connectivity index (χ2v) is 8.95. The first-order chi connectivity index (χ1) is 8.24. The summed E-state index contributed by atoms with van der Waals surface area (Å²) in [5.74, 6) is 0. The number of rotatable bonds is 0. The number of hydrogen-bond acceptors (Lipinski definition) is 0. The van der Waals surface area contributed by atoms with Crippen molar-refractivity contribution in [1.29, 1.82) is 0 Å². The highest BCUT2D eigenvalue weighted by molar-refractivity contribution is 5.46. The topological polar surface area (TPSA) is 0 Å². The molecule has 0 heteroatoms. The van der Waals surface area contributed by atoms with Gasteiger partial charge >= 0.3 is 0 Å². The van der Waals surface area contributed by atoms with Gasteiger partial charge in [0.05, 0.1) is 0 Å². The lowest BCUT2D eigenvalue weighted by molar-refractivity contribution is 0.542. The average Bonchev–Trinajstić information content (AvgIpc) is 2.11. The summed E-state index contributed by atoms with van der Waals surface area (Å²) in [5, 5.41) is 0. The van der Waals surface area contributed by atoms with Gasteiger partial charge in [0, 0.05) is 0 Å². The minimum absolute atomic E-state index is 0. The molecule has 1 aromatic rings. The van der Waals surface area contributed by atoms with Gasteiger partial charge in [0.15, 0.2) is 0 Å². The molecule has 0 aromatic heterocycles. The van der Waals surface area contributed by atoms with Crippen LogP contribution >= 0.6 is 0 Å². The minimum Gasteiger partial charge on any atom is -0.0776 e. The van der Waals surface area contributed by atoms with Crippen LogP contribution in [-0.4, -0.2) is 0 Å². The summed E-state index contributed by atoms with van der Waals surface area (Å²) in [5.41, 5.74) is 6.50. The van der Waals surface area contributed by atoms with Crippen LogP contribution < -0.4 is 0 Å². The van der Waals surface area contributed by atoms with Gasteiger partial charge in [0.25, 0.3) is 0 Å². The molecule has 0 aliphatic rings. The summed E-state index contributed by atoms with van der Waals surface area (Å²) in [6, 6.07) is 4.84. The molecule has 0 atom stereocenters. The standard InChI is InChI=1S/C19H32.CH4/c1-13-15(18(5,6)7)11-14(17(2,3)4)12-16(13)19(8,9)10;/h11-12H,1-10H3;1H4. The van der Waals surface area contributed by atoms with E-state index in [9.17, 15) is 0 Å². The van der Waals surface area contributed by atoms with Gasteiger partial charge in [0.1, 0.15) is 0 Å². The molecule has 1 rings (SSSR count). The minimum atomic E-state index is 0. The molecule has 0 bridgehead atoms. The molecule has 0 unspecified atom stereocenters. The molecular weight excluding hydrogens is 240 g/mol. The lowest BCUT2D eigenvalue weighted by Crippen LogP contribution is -2.23. The lowest BCUT2D eigenvalue weighted by atomic mass is 9.73. The monoisotopic (exact) mass is 276 g/mol. The fourth-order valence-corrected chi connectivity index (χ4v) is 2.71. The van der Waals surface area contributed by atoms with Crippen molar-refractivity contribution in [2.45, 2.75) is 92.9 Å². The predicted molar refractivity (Wildman–Crippen MR) is 94.0 cm³/mol. The first-order valence-electron chi connectivity index (χ1n) is 7.40. The Labute approximate surface area is 128 Å². The van der Waals surface area contributed by atoms with E-state index in [2.05, 4.69) is 81.4 Å². The molecule has 0 aliphatic heterocycles. The highest BCUT2D eigenvalue weighted by Gasteiger charge is 2.26. The molecule has 0 radical (unpaired) electrons. The molecule has 0 saturated heterocycles. The van der Waals surface area contributed by atoms with Crippen molar-refractivity contribution >= 4 is 0 Å². The molecule has 0 amide bonds. The van der Waals surface area contributed by atoms with E-state index < -0.39 is 0 Å². The van der Waals surface area contributed by atoms with E-state index in [0.29, 0.717) is 0 Å². The Morgan fingerprint density at radius 3 is 1.10 bits per heavy atom. The Hall–Kier alpha value is -0.780. The number of hydrogen-bond donors (Lipinski definition) is 0. The quantitative estimate of drug-likeness (QED) is 0.506. The van der Waals surface area contributed by atoms with Crippen LogP contribution in [0.25, 0.3) is 0 Å². The molecule has 20 heavy (non-hydrogen) atoms. The lowest BCUT2D eigenvalue weighted by Gasteiger charge is -2.32. The van der Waals surface area contributed by atoms with Gasteiger partial charge in [-0.25, -0.2) is 0 Å². The second kappa shape index (κ2) is 5.54. The first-order valence-corrected chi connectivity index (χ1v) is 7.40. The first kappa shape index (κ1) is 19.2. The maximum absolute atomic E-state index is 2.42. The normalized spacial score (nSPS) is 13.1. The van der Waals surface area contributed by atoms with E-state index in [1.54, 1.807) is 0 Å². The Morgan fingerprint density at radius 2 is 0.900 bits per heavy atom. The van der Waals surface area contributed by atoms with Gasteiger partial charge < -0.3 is 0 Å². The van der Waals surface area contributed by atoms with E-state index in [4.69, 9.17) is 0 Å². The Kier molecular flexibility index (Phi) is 5.33. The van der Waals surface area contributed by atoms with E-state index in [0.717, 1.165) is 0 Å². The van der Waals surface area contributed by atoms with Crippen LogP contribution in [0.4, 0.5) is 0 Å². The SMILES string of the molecule is C.Cc1c(C(C)(C)C)cc(C(C)(C)C)cc1C(C)(C)C. The van der Waals surface area contributed by atoms with Crippen molar-refractivity contribution in [3.05, 3.63) is 34.4 Å². The van der Waals surface area contributed by atoms with Crippen LogP contribution in [0.2, 0.25) is 0 Å². The zero-order valence-electron chi connectivity index (χ0n) is 14.7. The highest BCUT2D eigenvalue weighted by Crippen LogP contribution is 2.37. The molecule has 0 aliphatic carbocycles. The Morgan fingerprint density at radius 1 is 0.600 bits per heavy atom. The molecule has 0 N–H and O–H groups in total. The fourth-order valence-electron chi connectivity index (χ4n) is 2.71.